The van der Waals surface area contributed by atoms with Crippen molar-refractivity contribution < 1.29 is 30.0 Å². The molecule has 0 fully saturated rings. The fourth-order valence-corrected chi connectivity index (χ4v) is 6.99. The van der Waals surface area contributed by atoms with Gasteiger partial charge in [-0.2, -0.15) is 0 Å². The Hall–Kier alpha value is -3.25. The Morgan fingerprint density at radius 1 is 0.882 bits per heavy atom. The van der Waals surface area contributed by atoms with E-state index in [2.05, 4.69) is 98.5 Å². The molecule has 0 aliphatic carbocycles. The van der Waals surface area contributed by atoms with Crippen LogP contribution in [-0.2, 0) is 36.7 Å². The summed E-state index contributed by atoms with van der Waals surface area (Å²) in [7, 11) is 0. The smallest absolute Gasteiger partial charge is 0.164 e. The first-order valence-corrected chi connectivity index (χ1v) is 19.1. The molecule has 0 aliphatic heterocycles. The Morgan fingerprint density at radius 3 is 2.12 bits per heavy atom. The standard InChI is InChI=1S/C29H28N3S.C15H28O2.Ir/c1-18(2)10-22-16-33-27-13-21(15-30-28(22)27)26-14-25(31-17-32-26)20-11-19-8-6-7-9-23(19)24(12-20)29(3,4)5;1-7-14(5,8-2)12(16)11-13(17)15(6,9-3)10-4;/h6-9,12-18H,10H2,1-5H3;11,16H,7-10H2,1-6H3;/q-1;;/b;12-11-;. The van der Waals surface area contributed by atoms with Gasteiger partial charge >= 0.3 is 0 Å². The van der Waals surface area contributed by atoms with Crippen LogP contribution >= 0.6 is 11.3 Å². The molecule has 5 rings (SSSR count). The van der Waals surface area contributed by atoms with E-state index in [1.807, 2.05) is 47.7 Å². The molecule has 275 valence electrons. The van der Waals surface area contributed by atoms with Gasteiger partial charge in [0.05, 0.1) is 15.9 Å². The second-order valence-corrected chi connectivity index (χ2v) is 16.5. The van der Waals surface area contributed by atoms with Gasteiger partial charge in [0.25, 0.3) is 0 Å². The van der Waals surface area contributed by atoms with Crippen molar-refractivity contribution in [3.63, 3.8) is 0 Å². The summed E-state index contributed by atoms with van der Waals surface area (Å²) in [6.45, 7) is 23.3. The maximum atomic E-state index is 12.2. The molecule has 3 heterocycles. The zero-order chi connectivity index (χ0) is 36.9. The molecule has 0 atom stereocenters. The van der Waals surface area contributed by atoms with Crippen molar-refractivity contribution in [3.8, 4) is 22.5 Å². The summed E-state index contributed by atoms with van der Waals surface area (Å²) in [5, 5.41) is 14.7. The van der Waals surface area contributed by atoms with E-state index in [0.717, 1.165) is 65.5 Å². The topological polar surface area (TPSA) is 76.0 Å². The molecule has 3 aromatic heterocycles. The number of aliphatic hydroxyl groups excluding tert-OH is 1. The largest absolute Gasteiger partial charge is 0.512 e. The van der Waals surface area contributed by atoms with Crippen LogP contribution < -0.4 is 0 Å². The van der Waals surface area contributed by atoms with E-state index in [-0.39, 0.29) is 47.9 Å². The number of thiophene rings is 1. The number of aliphatic hydroxyl groups is 1. The average Bonchev–Trinajstić information content (AvgIpc) is 3.51. The van der Waals surface area contributed by atoms with Crippen molar-refractivity contribution in [1.82, 2.24) is 15.0 Å². The van der Waals surface area contributed by atoms with Gasteiger partial charge in [-0.1, -0.05) is 105 Å². The molecule has 5 aromatic rings. The first-order chi connectivity index (χ1) is 23.6. The number of nitrogens with zero attached hydrogens (tertiary/aromatic N) is 3. The number of hydrogen-bond acceptors (Lipinski definition) is 6. The fraction of sp³-hybridized carbons (Fsp3) is 0.455. The van der Waals surface area contributed by atoms with Crippen molar-refractivity contribution in [1.29, 1.82) is 0 Å². The summed E-state index contributed by atoms with van der Waals surface area (Å²) in [4.78, 5) is 26.2. The van der Waals surface area contributed by atoms with Crippen LogP contribution in [0.25, 0.3) is 43.5 Å². The van der Waals surface area contributed by atoms with Crippen LogP contribution in [0.1, 0.15) is 113 Å². The predicted octanol–water partition coefficient (Wildman–Crippen LogP) is 12.5. The average molecular weight is 883 g/mol. The molecule has 0 saturated heterocycles. The number of benzene rings is 2. The van der Waals surface area contributed by atoms with E-state index in [0.29, 0.717) is 5.92 Å². The normalized spacial score (nSPS) is 12.5. The SMILES string of the molecule is CC(C)Cc1csc2cc(-c3cc(-c4[c-]c5ccccc5c(C(C)(C)C)c4)ncn3)cnc12.CCC(C)(CC)C(=O)/C=C(\O)C(C)(CC)CC.[Ir]. The molecule has 5 nitrogen and oxygen atoms in total. The summed E-state index contributed by atoms with van der Waals surface area (Å²) in [5.74, 6) is 0.902. The predicted molar refractivity (Wildman–Crippen MR) is 213 cm³/mol. The minimum atomic E-state index is -0.337. The van der Waals surface area contributed by atoms with Crippen LogP contribution in [0, 0.1) is 22.8 Å². The zero-order valence-electron chi connectivity index (χ0n) is 32.4. The minimum Gasteiger partial charge on any atom is -0.512 e. The van der Waals surface area contributed by atoms with E-state index in [4.69, 9.17) is 4.98 Å². The van der Waals surface area contributed by atoms with Crippen LogP contribution in [0.15, 0.2) is 72.2 Å². The number of carbonyl (C=O) groups is 1. The Balaban J connectivity index is 0.000000335. The van der Waals surface area contributed by atoms with E-state index >= 15 is 0 Å². The summed E-state index contributed by atoms with van der Waals surface area (Å²) in [6.07, 6.45) is 9.39. The molecule has 0 unspecified atom stereocenters. The summed E-state index contributed by atoms with van der Waals surface area (Å²) in [5.41, 5.74) is 6.93. The number of carbonyl (C=O) groups excluding carboxylic acids is 1. The molecule has 7 heteroatoms. The van der Waals surface area contributed by atoms with Crippen molar-refractivity contribution in [3.05, 3.63) is 89.4 Å². The Bertz CT molecular complexity index is 1960. The Morgan fingerprint density at radius 2 is 1.51 bits per heavy atom. The third kappa shape index (κ3) is 9.80. The van der Waals surface area contributed by atoms with Gasteiger partial charge in [-0.15, -0.1) is 40.5 Å². The van der Waals surface area contributed by atoms with Gasteiger partial charge in [-0.25, -0.2) is 4.98 Å². The van der Waals surface area contributed by atoms with Crippen LogP contribution in [0.3, 0.4) is 0 Å². The molecular weight excluding hydrogens is 827 g/mol. The molecule has 2 aromatic carbocycles. The number of fused-ring (bicyclic) bond motifs is 2. The van der Waals surface area contributed by atoms with Gasteiger partial charge in [0.1, 0.15) is 12.1 Å². The van der Waals surface area contributed by atoms with E-state index in [1.54, 1.807) is 17.7 Å². The molecule has 0 aliphatic rings. The molecule has 1 N–H and O–H groups in total. The van der Waals surface area contributed by atoms with Gasteiger partial charge in [0, 0.05) is 54.5 Å². The molecule has 0 amide bonds. The van der Waals surface area contributed by atoms with Crippen LogP contribution in [-0.4, -0.2) is 25.8 Å². The van der Waals surface area contributed by atoms with E-state index in [1.165, 1.54) is 27.3 Å². The van der Waals surface area contributed by atoms with Crippen LogP contribution in [0.4, 0.5) is 0 Å². The van der Waals surface area contributed by atoms with Gasteiger partial charge in [0.15, 0.2) is 5.78 Å². The second-order valence-electron chi connectivity index (χ2n) is 15.5. The molecule has 51 heavy (non-hydrogen) atoms. The van der Waals surface area contributed by atoms with Crippen molar-refractivity contribution in [2.45, 2.75) is 114 Å². The van der Waals surface area contributed by atoms with Crippen molar-refractivity contribution in [2.24, 2.45) is 16.7 Å². The minimum absolute atomic E-state index is 0. The summed E-state index contributed by atoms with van der Waals surface area (Å²) < 4.78 is 1.20. The maximum absolute atomic E-state index is 12.2. The number of hydrogen-bond donors (Lipinski definition) is 1. The third-order valence-electron chi connectivity index (χ3n) is 10.5. The number of pyridine rings is 1. The first-order valence-electron chi connectivity index (χ1n) is 18.2. The van der Waals surface area contributed by atoms with Crippen LogP contribution in [0.5, 0.6) is 0 Å². The molecule has 0 saturated carbocycles. The van der Waals surface area contributed by atoms with Gasteiger partial charge in [-0.3, -0.25) is 14.8 Å². The Labute approximate surface area is 323 Å². The van der Waals surface area contributed by atoms with E-state index in [9.17, 15) is 9.90 Å². The third-order valence-corrected chi connectivity index (χ3v) is 11.5. The quantitative estimate of drug-likeness (QED) is 0.0812. The number of aromatic nitrogens is 3. The molecular formula is C44H56IrN3O2S-. The number of allylic oxidation sites excluding steroid dienone is 2. The maximum Gasteiger partial charge on any atom is 0.164 e. The molecule has 0 spiro atoms. The van der Waals surface area contributed by atoms with Crippen molar-refractivity contribution >= 4 is 38.1 Å². The summed E-state index contributed by atoms with van der Waals surface area (Å²) in [6, 6.07) is 18.5. The summed E-state index contributed by atoms with van der Waals surface area (Å²) >= 11 is 1.76. The first kappa shape index (κ1) is 42.2. The molecule has 1 radical (unpaired) electrons. The van der Waals surface area contributed by atoms with E-state index < -0.39 is 0 Å². The van der Waals surface area contributed by atoms with Gasteiger partial charge in [0.2, 0.25) is 0 Å². The van der Waals surface area contributed by atoms with Gasteiger partial charge < -0.3 is 5.11 Å². The molecule has 0 bridgehead atoms. The monoisotopic (exact) mass is 883 g/mol. The Kier molecular flexibility index (Phi) is 14.5. The van der Waals surface area contributed by atoms with Crippen LogP contribution in [0.2, 0.25) is 0 Å². The zero-order valence-corrected chi connectivity index (χ0v) is 35.6. The number of ketones is 1. The second kappa shape index (κ2) is 17.5. The van der Waals surface area contributed by atoms with Gasteiger partial charge in [-0.05, 0) is 66.5 Å². The number of rotatable bonds is 11. The fourth-order valence-electron chi connectivity index (χ4n) is 6.03. The van der Waals surface area contributed by atoms with Crippen molar-refractivity contribution in [2.75, 3.05) is 0 Å².